The summed E-state index contributed by atoms with van der Waals surface area (Å²) < 4.78 is 10.5. The third kappa shape index (κ3) is 13.4. The van der Waals surface area contributed by atoms with Crippen LogP contribution in [0.15, 0.2) is 0 Å². The van der Waals surface area contributed by atoms with Gasteiger partial charge in [-0.05, 0) is 31.6 Å². The van der Waals surface area contributed by atoms with E-state index in [1.165, 1.54) is 51.4 Å². The molecule has 26 heavy (non-hydrogen) atoms. The molecule has 0 aromatic heterocycles. The van der Waals surface area contributed by atoms with Gasteiger partial charge in [0.1, 0.15) is 0 Å². The maximum Gasteiger partial charge on any atom is 0.305 e. The molecule has 152 valence electrons. The lowest BCUT2D eigenvalue weighted by Gasteiger charge is -2.21. The van der Waals surface area contributed by atoms with Crippen molar-refractivity contribution in [3.8, 4) is 0 Å². The van der Waals surface area contributed by atoms with Crippen molar-refractivity contribution in [3.63, 3.8) is 0 Å². The van der Waals surface area contributed by atoms with E-state index in [4.69, 9.17) is 21.1 Å². The summed E-state index contributed by atoms with van der Waals surface area (Å²) in [4.78, 5) is 23.3. The Morgan fingerprint density at radius 1 is 0.731 bits per heavy atom. The van der Waals surface area contributed by atoms with Crippen molar-refractivity contribution in [2.45, 2.75) is 96.3 Å². The SMILES string of the molecule is O=C(CCCC(=O)OCCC1CCCCC1)OCCCCCCCCCl. The van der Waals surface area contributed by atoms with Crippen LogP contribution in [-0.2, 0) is 19.1 Å². The molecule has 5 heteroatoms. The highest BCUT2D eigenvalue weighted by atomic mass is 35.5. The fourth-order valence-electron chi connectivity index (χ4n) is 3.43. The monoisotopic (exact) mass is 388 g/mol. The molecule has 4 nitrogen and oxygen atoms in total. The zero-order valence-electron chi connectivity index (χ0n) is 16.3. The highest BCUT2D eigenvalue weighted by Crippen LogP contribution is 2.26. The largest absolute Gasteiger partial charge is 0.466 e. The van der Waals surface area contributed by atoms with Gasteiger partial charge in [0.2, 0.25) is 0 Å². The molecule has 1 aliphatic rings. The van der Waals surface area contributed by atoms with Crippen molar-refractivity contribution < 1.29 is 19.1 Å². The average Bonchev–Trinajstić information content (AvgIpc) is 2.65. The van der Waals surface area contributed by atoms with E-state index in [1.807, 2.05) is 0 Å². The maximum atomic E-state index is 11.7. The van der Waals surface area contributed by atoms with Gasteiger partial charge in [-0.3, -0.25) is 9.59 Å². The molecule has 0 saturated heterocycles. The van der Waals surface area contributed by atoms with Crippen LogP contribution in [0.2, 0.25) is 0 Å². The van der Waals surface area contributed by atoms with Crippen molar-refractivity contribution in [3.05, 3.63) is 0 Å². The summed E-state index contributed by atoms with van der Waals surface area (Å²) in [5.41, 5.74) is 0. The van der Waals surface area contributed by atoms with E-state index in [-0.39, 0.29) is 11.9 Å². The van der Waals surface area contributed by atoms with E-state index in [9.17, 15) is 9.59 Å². The van der Waals surface area contributed by atoms with Gasteiger partial charge in [-0.1, -0.05) is 57.8 Å². The first-order chi connectivity index (χ1) is 12.7. The molecular formula is C21H37ClO4. The van der Waals surface area contributed by atoms with E-state index < -0.39 is 0 Å². The van der Waals surface area contributed by atoms with Gasteiger partial charge in [-0.25, -0.2) is 0 Å². The van der Waals surface area contributed by atoms with E-state index >= 15 is 0 Å². The number of carbonyl (C=O) groups is 2. The first-order valence-corrected chi connectivity index (χ1v) is 11.1. The second-order valence-corrected chi connectivity index (χ2v) is 7.78. The molecule has 1 fully saturated rings. The second-order valence-electron chi connectivity index (χ2n) is 7.40. The van der Waals surface area contributed by atoms with Crippen LogP contribution < -0.4 is 0 Å². The van der Waals surface area contributed by atoms with Crippen LogP contribution in [0, 0.1) is 5.92 Å². The van der Waals surface area contributed by atoms with Gasteiger partial charge in [-0.15, -0.1) is 11.6 Å². The molecule has 0 aliphatic heterocycles. The lowest BCUT2D eigenvalue weighted by Crippen LogP contribution is -2.13. The smallest absolute Gasteiger partial charge is 0.305 e. The van der Waals surface area contributed by atoms with Gasteiger partial charge >= 0.3 is 11.9 Å². The summed E-state index contributed by atoms with van der Waals surface area (Å²) >= 11 is 5.63. The van der Waals surface area contributed by atoms with Crippen molar-refractivity contribution in [1.82, 2.24) is 0 Å². The summed E-state index contributed by atoms with van der Waals surface area (Å²) in [6.07, 6.45) is 15.3. The summed E-state index contributed by atoms with van der Waals surface area (Å²) in [6, 6.07) is 0. The molecule has 1 rings (SSSR count). The average molecular weight is 389 g/mol. The zero-order valence-corrected chi connectivity index (χ0v) is 17.1. The van der Waals surface area contributed by atoms with Crippen molar-refractivity contribution in [2.24, 2.45) is 5.92 Å². The molecule has 0 N–H and O–H groups in total. The van der Waals surface area contributed by atoms with Crippen LogP contribution in [0.4, 0.5) is 0 Å². The molecule has 0 aromatic carbocycles. The minimum Gasteiger partial charge on any atom is -0.466 e. The van der Waals surface area contributed by atoms with Gasteiger partial charge in [0.15, 0.2) is 0 Å². The molecule has 0 bridgehead atoms. The van der Waals surface area contributed by atoms with Gasteiger partial charge in [-0.2, -0.15) is 0 Å². The quantitative estimate of drug-likeness (QED) is 0.202. The van der Waals surface area contributed by atoms with Crippen LogP contribution in [0.25, 0.3) is 0 Å². The minimum absolute atomic E-state index is 0.189. The molecule has 1 aliphatic carbocycles. The summed E-state index contributed by atoms with van der Waals surface area (Å²) in [7, 11) is 0. The topological polar surface area (TPSA) is 52.6 Å². The van der Waals surface area contributed by atoms with Crippen LogP contribution >= 0.6 is 11.6 Å². The van der Waals surface area contributed by atoms with Gasteiger partial charge in [0.05, 0.1) is 13.2 Å². The van der Waals surface area contributed by atoms with Gasteiger partial charge in [0.25, 0.3) is 0 Å². The Bertz CT molecular complexity index is 367. The zero-order chi connectivity index (χ0) is 18.9. The van der Waals surface area contributed by atoms with Crippen LogP contribution in [0.3, 0.4) is 0 Å². The van der Waals surface area contributed by atoms with E-state index in [0.717, 1.165) is 37.5 Å². The number of hydrogen-bond donors (Lipinski definition) is 0. The standard InChI is InChI=1S/C21H37ClO4/c22-16-8-3-1-2-4-9-17-25-20(23)13-10-14-21(24)26-18-15-19-11-6-5-7-12-19/h19H,1-18H2. The Balaban J connectivity index is 1.86. The number of unbranched alkanes of at least 4 members (excludes halogenated alkanes) is 5. The molecule has 0 radical (unpaired) electrons. The Morgan fingerprint density at radius 2 is 1.31 bits per heavy atom. The maximum absolute atomic E-state index is 11.7. The first kappa shape index (κ1) is 23.3. The van der Waals surface area contributed by atoms with Gasteiger partial charge in [0, 0.05) is 18.7 Å². The first-order valence-electron chi connectivity index (χ1n) is 10.6. The van der Waals surface area contributed by atoms with Crippen molar-refractivity contribution in [1.29, 1.82) is 0 Å². The number of alkyl halides is 1. The van der Waals surface area contributed by atoms with E-state index in [1.54, 1.807) is 0 Å². The highest BCUT2D eigenvalue weighted by molar-refractivity contribution is 6.17. The lowest BCUT2D eigenvalue weighted by atomic mass is 9.87. The molecule has 0 amide bonds. The predicted molar refractivity (Wildman–Crippen MR) is 105 cm³/mol. The number of ether oxygens (including phenoxy) is 2. The molecule has 0 heterocycles. The summed E-state index contributed by atoms with van der Waals surface area (Å²) in [5, 5.41) is 0. The number of rotatable bonds is 15. The molecule has 0 atom stereocenters. The van der Waals surface area contributed by atoms with Crippen LogP contribution in [0.1, 0.15) is 96.3 Å². The molecular weight excluding hydrogens is 352 g/mol. The van der Waals surface area contributed by atoms with Crippen molar-refractivity contribution >= 4 is 23.5 Å². The number of carbonyl (C=O) groups excluding carboxylic acids is 2. The number of esters is 2. The number of hydrogen-bond acceptors (Lipinski definition) is 4. The summed E-state index contributed by atoms with van der Waals surface area (Å²) in [6.45, 7) is 1.01. The third-order valence-electron chi connectivity index (χ3n) is 5.07. The van der Waals surface area contributed by atoms with Crippen molar-refractivity contribution in [2.75, 3.05) is 19.1 Å². The molecule has 0 spiro atoms. The van der Waals surface area contributed by atoms with Gasteiger partial charge < -0.3 is 9.47 Å². The number of halogens is 1. The highest BCUT2D eigenvalue weighted by Gasteiger charge is 2.14. The van der Waals surface area contributed by atoms with E-state index in [0.29, 0.717) is 32.5 Å². The molecule has 0 unspecified atom stereocenters. The Morgan fingerprint density at radius 3 is 1.96 bits per heavy atom. The molecule has 1 saturated carbocycles. The second kappa shape index (κ2) is 16.4. The third-order valence-corrected chi connectivity index (χ3v) is 5.33. The Kier molecular flexibility index (Phi) is 14.7. The summed E-state index contributed by atoms with van der Waals surface area (Å²) in [5.74, 6) is 1.07. The minimum atomic E-state index is -0.206. The lowest BCUT2D eigenvalue weighted by molar-refractivity contribution is -0.145. The van der Waals surface area contributed by atoms with Crippen LogP contribution in [0.5, 0.6) is 0 Å². The Hall–Kier alpha value is -0.770. The Labute approximate surface area is 164 Å². The molecule has 0 aromatic rings. The van der Waals surface area contributed by atoms with Crippen LogP contribution in [-0.4, -0.2) is 31.0 Å². The fraction of sp³-hybridized carbons (Fsp3) is 0.905. The van der Waals surface area contributed by atoms with E-state index in [2.05, 4.69) is 0 Å². The fourth-order valence-corrected chi connectivity index (χ4v) is 3.62. The normalized spacial score (nSPS) is 15.0. The predicted octanol–water partition coefficient (Wildman–Crippen LogP) is 5.79.